The van der Waals surface area contributed by atoms with Crippen LogP contribution in [-0.2, 0) is 0 Å². The van der Waals surface area contributed by atoms with Crippen molar-refractivity contribution in [3.05, 3.63) is 65.0 Å². The van der Waals surface area contributed by atoms with Gasteiger partial charge in [0.1, 0.15) is 17.5 Å². The molecule has 2 aromatic carbocycles. The van der Waals surface area contributed by atoms with Gasteiger partial charge in [-0.05, 0) is 25.1 Å². The Labute approximate surface area is 112 Å². The van der Waals surface area contributed by atoms with E-state index in [1.807, 2.05) is 0 Å². The molecule has 0 radical (unpaired) electrons. The van der Waals surface area contributed by atoms with E-state index in [0.717, 1.165) is 18.2 Å². The SMILES string of the molecule is CC(Nc1cc(F)c(F)cc1F)c1cc(F)ccc1F. The number of benzene rings is 2. The second-order valence-corrected chi connectivity index (χ2v) is 4.28. The number of rotatable bonds is 3. The molecule has 0 amide bonds. The van der Waals surface area contributed by atoms with Gasteiger partial charge >= 0.3 is 0 Å². The van der Waals surface area contributed by atoms with Crippen molar-refractivity contribution in [1.82, 2.24) is 0 Å². The molecular weight excluding hydrogens is 277 g/mol. The van der Waals surface area contributed by atoms with E-state index < -0.39 is 35.1 Å². The van der Waals surface area contributed by atoms with Gasteiger partial charge in [-0.15, -0.1) is 0 Å². The second kappa shape index (κ2) is 5.48. The van der Waals surface area contributed by atoms with E-state index in [4.69, 9.17) is 0 Å². The first-order valence-electron chi connectivity index (χ1n) is 5.74. The van der Waals surface area contributed by atoms with Gasteiger partial charge in [-0.1, -0.05) is 0 Å². The summed E-state index contributed by atoms with van der Waals surface area (Å²) in [7, 11) is 0. The summed E-state index contributed by atoms with van der Waals surface area (Å²) in [5, 5.41) is 2.47. The predicted octanol–water partition coefficient (Wildman–Crippen LogP) is 4.56. The average molecular weight is 287 g/mol. The molecule has 6 heteroatoms. The number of hydrogen-bond donors (Lipinski definition) is 1. The van der Waals surface area contributed by atoms with E-state index >= 15 is 0 Å². The van der Waals surface area contributed by atoms with Crippen molar-refractivity contribution < 1.29 is 22.0 Å². The summed E-state index contributed by atoms with van der Waals surface area (Å²) in [5.41, 5.74) is -0.380. The minimum Gasteiger partial charge on any atom is -0.376 e. The van der Waals surface area contributed by atoms with Crippen molar-refractivity contribution in [2.45, 2.75) is 13.0 Å². The molecule has 0 aliphatic carbocycles. The molecule has 0 bridgehead atoms. The highest BCUT2D eigenvalue weighted by molar-refractivity contribution is 5.47. The van der Waals surface area contributed by atoms with E-state index in [0.29, 0.717) is 12.1 Å². The first-order chi connectivity index (χ1) is 9.38. The van der Waals surface area contributed by atoms with Crippen LogP contribution in [0.1, 0.15) is 18.5 Å². The fraction of sp³-hybridized carbons (Fsp3) is 0.143. The van der Waals surface area contributed by atoms with Gasteiger partial charge in [0.15, 0.2) is 11.6 Å². The number of hydrogen-bond acceptors (Lipinski definition) is 1. The molecule has 1 atom stereocenters. The zero-order valence-electron chi connectivity index (χ0n) is 10.4. The summed E-state index contributed by atoms with van der Waals surface area (Å²) in [6.45, 7) is 1.44. The summed E-state index contributed by atoms with van der Waals surface area (Å²) >= 11 is 0. The van der Waals surface area contributed by atoms with Crippen molar-refractivity contribution in [2.24, 2.45) is 0 Å². The van der Waals surface area contributed by atoms with Crippen LogP contribution in [0.15, 0.2) is 30.3 Å². The lowest BCUT2D eigenvalue weighted by atomic mass is 10.1. The van der Waals surface area contributed by atoms with Gasteiger partial charge in [0.2, 0.25) is 0 Å². The Balaban J connectivity index is 2.30. The summed E-state index contributed by atoms with van der Waals surface area (Å²) < 4.78 is 65.9. The quantitative estimate of drug-likeness (QED) is 0.645. The van der Waals surface area contributed by atoms with Crippen LogP contribution in [0.2, 0.25) is 0 Å². The molecule has 106 valence electrons. The Bertz CT molecular complexity index is 642. The van der Waals surface area contributed by atoms with Gasteiger partial charge in [-0.3, -0.25) is 0 Å². The molecule has 1 N–H and O–H groups in total. The fourth-order valence-electron chi connectivity index (χ4n) is 1.79. The number of halogens is 5. The van der Waals surface area contributed by atoms with Crippen LogP contribution in [0.4, 0.5) is 27.6 Å². The van der Waals surface area contributed by atoms with E-state index in [1.54, 1.807) is 0 Å². The van der Waals surface area contributed by atoms with Gasteiger partial charge in [0.05, 0.1) is 11.7 Å². The highest BCUT2D eigenvalue weighted by Crippen LogP contribution is 2.25. The van der Waals surface area contributed by atoms with Crippen LogP contribution in [0.25, 0.3) is 0 Å². The van der Waals surface area contributed by atoms with Gasteiger partial charge in [0, 0.05) is 17.7 Å². The van der Waals surface area contributed by atoms with Crippen molar-refractivity contribution >= 4 is 5.69 Å². The first-order valence-corrected chi connectivity index (χ1v) is 5.74. The number of nitrogens with one attached hydrogen (secondary N) is 1. The van der Waals surface area contributed by atoms with E-state index in [9.17, 15) is 22.0 Å². The standard InChI is InChI=1S/C14H10F5N/c1-7(9-4-8(15)2-3-10(9)16)20-14-6-12(18)11(17)5-13(14)19/h2-7,20H,1H3. The molecule has 1 nitrogen and oxygen atoms in total. The summed E-state index contributed by atoms with van der Waals surface area (Å²) in [6, 6.07) is 3.01. The monoisotopic (exact) mass is 287 g/mol. The molecule has 1 unspecified atom stereocenters. The molecule has 20 heavy (non-hydrogen) atoms. The molecule has 0 heterocycles. The van der Waals surface area contributed by atoms with Crippen LogP contribution in [-0.4, -0.2) is 0 Å². The molecule has 2 aromatic rings. The minimum atomic E-state index is -1.32. The normalized spacial score (nSPS) is 12.3. The van der Waals surface area contributed by atoms with Crippen molar-refractivity contribution in [2.75, 3.05) is 5.32 Å². The van der Waals surface area contributed by atoms with Crippen molar-refractivity contribution in [3.8, 4) is 0 Å². The Kier molecular flexibility index (Phi) is 3.92. The lowest BCUT2D eigenvalue weighted by Gasteiger charge is -2.17. The second-order valence-electron chi connectivity index (χ2n) is 4.28. The topological polar surface area (TPSA) is 12.0 Å². The Morgan fingerprint density at radius 1 is 0.800 bits per heavy atom. The maximum atomic E-state index is 13.5. The lowest BCUT2D eigenvalue weighted by Crippen LogP contribution is -2.11. The third-order valence-corrected chi connectivity index (χ3v) is 2.81. The van der Waals surface area contributed by atoms with Crippen LogP contribution in [0.5, 0.6) is 0 Å². The maximum absolute atomic E-state index is 13.5. The largest absolute Gasteiger partial charge is 0.376 e. The van der Waals surface area contributed by atoms with Gasteiger partial charge < -0.3 is 5.32 Å². The van der Waals surface area contributed by atoms with Gasteiger partial charge in [-0.25, -0.2) is 22.0 Å². The molecule has 0 aliphatic heterocycles. The zero-order valence-corrected chi connectivity index (χ0v) is 10.4. The third-order valence-electron chi connectivity index (χ3n) is 2.81. The first kappa shape index (κ1) is 14.3. The molecule has 0 aromatic heterocycles. The summed E-state index contributed by atoms with van der Waals surface area (Å²) in [4.78, 5) is 0. The lowest BCUT2D eigenvalue weighted by molar-refractivity contribution is 0.495. The fourth-order valence-corrected chi connectivity index (χ4v) is 1.79. The van der Waals surface area contributed by atoms with Crippen LogP contribution < -0.4 is 5.32 Å². The summed E-state index contributed by atoms with van der Waals surface area (Å²) in [5.74, 6) is -4.92. The van der Waals surface area contributed by atoms with E-state index in [2.05, 4.69) is 5.32 Å². The van der Waals surface area contributed by atoms with Crippen molar-refractivity contribution in [1.29, 1.82) is 0 Å². The average Bonchev–Trinajstić information content (AvgIpc) is 2.38. The molecule has 0 saturated carbocycles. The highest BCUT2D eigenvalue weighted by atomic mass is 19.2. The van der Waals surface area contributed by atoms with E-state index in [1.165, 1.54) is 6.92 Å². The number of anilines is 1. The Morgan fingerprint density at radius 2 is 1.45 bits per heavy atom. The Morgan fingerprint density at radius 3 is 2.15 bits per heavy atom. The van der Waals surface area contributed by atoms with Crippen LogP contribution in [0, 0.1) is 29.1 Å². The Hall–Kier alpha value is -2.11. The van der Waals surface area contributed by atoms with Gasteiger partial charge in [-0.2, -0.15) is 0 Å². The minimum absolute atomic E-state index is 0.0471. The van der Waals surface area contributed by atoms with Crippen LogP contribution in [0.3, 0.4) is 0 Å². The molecule has 0 saturated heterocycles. The zero-order chi connectivity index (χ0) is 14.9. The molecule has 0 aliphatic rings. The highest BCUT2D eigenvalue weighted by Gasteiger charge is 2.15. The summed E-state index contributed by atoms with van der Waals surface area (Å²) in [6.07, 6.45) is 0. The molecule has 0 spiro atoms. The molecule has 0 fully saturated rings. The maximum Gasteiger partial charge on any atom is 0.161 e. The van der Waals surface area contributed by atoms with Crippen molar-refractivity contribution in [3.63, 3.8) is 0 Å². The molecule has 2 rings (SSSR count). The molecular formula is C14H10F5N. The predicted molar refractivity (Wildman–Crippen MR) is 64.7 cm³/mol. The smallest absolute Gasteiger partial charge is 0.161 e. The van der Waals surface area contributed by atoms with E-state index in [-0.39, 0.29) is 11.3 Å². The van der Waals surface area contributed by atoms with Gasteiger partial charge in [0.25, 0.3) is 0 Å². The van der Waals surface area contributed by atoms with Crippen LogP contribution >= 0.6 is 0 Å². The third kappa shape index (κ3) is 2.89.